The van der Waals surface area contributed by atoms with E-state index < -0.39 is 40.5 Å². The summed E-state index contributed by atoms with van der Waals surface area (Å²) in [5.74, 6) is -5.28. The summed E-state index contributed by atoms with van der Waals surface area (Å²) < 4.78 is 37.0. The highest BCUT2D eigenvalue weighted by atomic mass is 79.9. The van der Waals surface area contributed by atoms with Gasteiger partial charge in [-0.15, -0.1) is 0 Å². The average molecular weight is 387 g/mol. The van der Waals surface area contributed by atoms with E-state index in [9.17, 15) is 18.4 Å². The molecule has 0 aliphatic carbocycles. The summed E-state index contributed by atoms with van der Waals surface area (Å²) in [4.78, 5) is 23.4. The maximum atomic E-state index is 13.9. The van der Waals surface area contributed by atoms with Crippen molar-refractivity contribution in [3.05, 3.63) is 39.5 Å². The van der Waals surface area contributed by atoms with Crippen LogP contribution in [0, 0.1) is 23.0 Å². The minimum Gasteiger partial charge on any atom is -0.419 e. The minimum absolute atomic E-state index is 0.358. The van der Waals surface area contributed by atoms with Gasteiger partial charge >= 0.3 is 11.9 Å². The molecule has 1 aliphatic rings. The van der Waals surface area contributed by atoms with Gasteiger partial charge in [-0.2, -0.15) is 5.26 Å². The number of esters is 2. The first-order valence-electron chi connectivity index (χ1n) is 6.17. The van der Waals surface area contributed by atoms with Crippen LogP contribution >= 0.6 is 15.9 Å². The molecule has 0 unspecified atom stereocenters. The summed E-state index contributed by atoms with van der Waals surface area (Å²) in [7, 11) is 0. The van der Waals surface area contributed by atoms with Gasteiger partial charge in [0.25, 0.3) is 5.79 Å². The van der Waals surface area contributed by atoms with Crippen molar-refractivity contribution in [2.75, 3.05) is 5.32 Å². The number of anilines is 1. The Morgan fingerprint density at radius 1 is 1.30 bits per heavy atom. The normalized spacial score (nSPS) is 16.3. The van der Waals surface area contributed by atoms with Crippen LogP contribution in [0.3, 0.4) is 0 Å². The molecule has 23 heavy (non-hydrogen) atoms. The van der Waals surface area contributed by atoms with Gasteiger partial charge in [-0.05, 0) is 22.0 Å². The summed E-state index contributed by atoms with van der Waals surface area (Å²) in [5, 5.41) is 11.0. The van der Waals surface area contributed by atoms with Gasteiger partial charge in [0.15, 0.2) is 11.4 Å². The summed E-state index contributed by atoms with van der Waals surface area (Å²) in [6, 6.07) is 2.18. The number of rotatable bonds is 2. The van der Waals surface area contributed by atoms with E-state index in [1.54, 1.807) is 0 Å². The number of carbonyl (C=O) groups is 2. The summed E-state index contributed by atoms with van der Waals surface area (Å²) in [5.41, 5.74) is -1.40. The van der Waals surface area contributed by atoms with Crippen molar-refractivity contribution in [2.45, 2.75) is 19.6 Å². The third kappa shape index (κ3) is 3.32. The maximum absolute atomic E-state index is 13.9. The van der Waals surface area contributed by atoms with Gasteiger partial charge in [-0.3, -0.25) is 0 Å². The Morgan fingerprint density at radius 2 is 1.87 bits per heavy atom. The van der Waals surface area contributed by atoms with Crippen molar-refractivity contribution in [1.82, 2.24) is 0 Å². The molecule has 1 saturated heterocycles. The molecule has 120 valence electrons. The van der Waals surface area contributed by atoms with Crippen LogP contribution in [-0.4, -0.2) is 17.7 Å². The van der Waals surface area contributed by atoms with Crippen molar-refractivity contribution in [1.29, 1.82) is 5.26 Å². The van der Waals surface area contributed by atoms with Crippen LogP contribution in [0.15, 0.2) is 22.3 Å². The lowest BCUT2D eigenvalue weighted by atomic mass is 10.2. The number of carbonyl (C=O) groups excluding carboxylic acids is 2. The summed E-state index contributed by atoms with van der Waals surface area (Å²) >= 11 is 2.81. The van der Waals surface area contributed by atoms with Crippen molar-refractivity contribution in [3.63, 3.8) is 0 Å². The zero-order valence-corrected chi connectivity index (χ0v) is 13.5. The Labute approximate surface area is 137 Å². The predicted octanol–water partition coefficient (Wildman–Crippen LogP) is 2.73. The number of nitrogens with one attached hydrogen (secondary N) is 1. The quantitative estimate of drug-likeness (QED) is 0.363. The predicted molar refractivity (Wildman–Crippen MR) is 76.7 cm³/mol. The molecule has 1 fully saturated rings. The molecule has 2 rings (SSSR count). The molecule has 1 aromatic rings. The molecule has 1 heterocycles. The van der Waals surface area contributed by atoms with E-state index in [0.29, 0.717) is 6.07 Å². The molecule has 9 heteroatoms. The van der Waals surface area contributed by atoms with Gasteiger partial charge in [0, 0.05) is 20.0 Å². The number of nitrogens with zero attached hydrogens (tertiary/aromatic N) is 1. The fourth-order valence-corrected chi connectivity index (χ4v) is 2.25. The van der Waals surface area contributed by atoms with Crippen molar-refractivity contribution in [3.8, 4) is 6.07 Å². The van der Waals surface area contributed by atoms with E-state index in [4.69, 9.17) is 14.7 Å². The first-order valence-corrected chi connectivity index (χ1v) is 6.96. The lowest BCUT2D eigenvalue weighted by Crippen LogP contribution is -2.42. The second kappa shape index (κ2) is 5.96. The minimum atomic E-state index is -1.40. The van der Waals surface area contributed by atoms with Crippen molar-refractivity contribution < 1.29 is 27.8 Å². The molecule has 0 amide bonds. The van der Waals surface area contributed by atoms with E-state index in [1.165, 1.54) is 19.9 Å². The monoisotopic (exact) mass is 386 g/mol. The fourth-order valence-electron chi connectivity index (χ4n) is 1.73. The molecule has 0 bridgehead atoms. The van der Waals surface area contributed by atoms with Crippen LogP contribution < -0.4 is 5.32 Å². The highest BCUT2D eigenvalue weighted by molar-refractivity contribution is 9.10. The zero-order chi connectivity index (χ0) is 17.4. The molecule has 0 spiro atoms. The third-order valence-electron chi connectivity index (χ3n) is 2.76. The van der Waals surface area contributed by atoms with Crippen LogP contribution in [-0.2, 0) is 19.1 Å². The maximum Gasteiger partial charge on any atom is 0.350 e. The van der Waals surface area contributed by atoms with Gasteiger partial charge in [-0.1, -0.05) is 0 Å². The average Bonchev–Trinajstić information content (AvgIpc) is 2.43. The topological polar surface area (TPSA) is 88.4 Å². The highest BCUT2D eigenvalue weighted by Gasteiger charge is 2.39. The number of hydrogen-bond acceptors (Lipinski definition) is 6. The molecule has 6 nitrogen and oxygen atoms in total. The molecule has 1 N–H and O–H groups in total. The molecule has 0 aromatic heterocycles. The standard InChI is InChI=1S/C14H9BrF2N2O4/c1-14(2)22-12(20)7(13(21)23-14)5-19-11-8(16)3-6(4-18)10(17)9(11)15/h3,5,19H,1-2H3. The van der Waals surface area contributed by atoms with Gasteiger partial charge < -0.3 is 14.8 Å². The Kier molecular flexibility index (Phi) is 4.38. The Bertz CT molecular complexity index is 762. The molecule has 1 aromatic carbocycles. The lowest BCUT2D eigenvalue weighted by Gasteiger charge is -2.29. The van der Waals surface area contributed by atoms with Gasteiger partial charge in [0.05, 0.1) is 15.7 Å². The molecular formula is C14H9BrF2N2O4. The van der Waals surface area contributed by atoms with Crippen molar-refractivity contribution >= 4 is 33.6 Å². The number of cyclic esters (lactones) is 2. The largest absolute Gasteiger partial charge is 0.419 e. The molecule has 1 aliphatic heterocycles. The first-order chi connectivity index (χ1) is 10.7. The van der Waals surface area contributed by atoms with E-state index in [0.717, 1.165) is 6.20 Å². The number of hydrogen-bond donors (Lipinski definition) is 1. The fraction of sp³-hybridized carbons (Fsp3) is 0.214. The van der Waals surface area contributed by atoms with Crippen molar-refractivity contribution in [2.24, 2.45) is 0 Å². The van der Waals surface area contributed by atoms with E-state index in [-0.39, 0.29) is 10.2 Å². The second-order valence-corrected chi connectivity index (χ2v) is 5.69. The number of halogens is 3. The van der Waals surface area contributed by atoms with Gasteiger partial charge in [0.2, 0.25) is 0 Å². The number of nitriles is 1. The number of benzene rings is 1. The van der Waals surface area contributed by atoms with E-state index >= 15 is 0 Å². The summed E-state index contributed by atoms with van der Waals surface area (Å²) in [6.45, 7) is 2.75. The van der Waals surface area contributed by atoms with Crippen LogP contribution in [0.25, 0.3) is 0 Å². The third-order valence-corrected chi connectivity index (χ3v) is 3.50. The summed E-state index contributed by atoms with van der Waals surface area (Å²) in [6.07, 6.45) is 0.842. The smallest absolute Gasteiger partial charge is 0.350 e. The second-order valence-electron chi connectivity index (χ2n) is 4.90. The SMILES string of the molecule is CC1(C)OC(=O)C(=CNc2c(F)cc(C#N)c(F)c2Br)C(=O)O1. The molecule has 0 radical (unpaired) electrons. The van der Waals surface area contributed by atoms with E-state index in [2.05, 4.69) is 21.2 Å². The van der Waals surface area contributed by atoms with Crippen LogP contribution in [0.2, 0.25) is 0 Å². The van der Waals surface area contributed by atoms with Crippen LogP contribution in [0.1, 0.15) is 19.4 Å². The highest BCUT2D eigenvalue weighted by Crippen LogP contribution is 2.31. The lowest BCUT2D eigenvalue weighted by molar-refractivity contribution is -0.222. The van der Waals surface area contributed by atoms with Gasteiger partial charge in [0.1, 0.15) is 11.9 Å². The Morgan fingerprint density at radius 3 is 2.39 bits per heavy atom. The Balaban J connectivity index is 2.35. The number of ether oxygens (including phenoxy) is 2. The molecule has 0 saturated carbocycles. The zero-order valence-electron chi connectivity index (χ0n) is 11.9. The first kappa shape index (κ1) is 16.9. The van der Waals surface area contributed by atoms with Gasteiger partial charge in [-0.25, -0.2) is 18.4 Å². The van der Waals surface area contributed by atoms with Crippen LogP contribution in [0.5, 0.6) is 0 Å². The Hall–Kier alpha value is -2.47. The van der Waals surface area contributed by atoms with Crippen LogP contribution in [0.4, 0.5) is 14.5 Å². The molecule has 0 atom stereocenters. The van der Waals surface area contributed by atoms with E-state index in [1.807, 2.05) is 0 Å². The molecular weight excluding hydrogens is 378 g/mol.